The third-order valence-electron chi connectivity index (χ3n) is 3.56. The molecule has 3 atom stereocenters. The standard InChI is InChI=1S/C15H28N6O6/c1-8(13(24)21-9(15(26)27)4-2-3-5-16)19-14(25)10(6-11(18)22)20-12(23)7-17/h8-10H,2-7,16-17H2,1H3,(H2,18,22)(H,19,25)(H,20,23)(H,21,24)(H,26,27). The molecule has 0 heterocycles. The van der Waals surface area contributed by atoms with Crippen LogP contribution in [0.1, 0.15) is 32.6 Å². The van der Waals surface area contributed by atoms with Crippen LogP contribution in [0.15, 0.2) is 0 Å². The molecule has 4 amide bonds. The van der Waals surface area contributed by atoms with E-state index in [1.54, 1.807) is 0 Å². The lowest BCUT2D eigenvalue weighted by Crippen LogP contribution is -2.55. The van der Waals surface area contributed by atoms with E-state index in [9.17, 15) is 24.0 Å². The molecule has 0 bridgehead atoms. The first-order valence-electron chi connectivity index (χ1n) is 8.43. The molecule has 12 heteroatoms. The van der Waals surface area contributed by atoms with Crippen LogP contribution in [-0.2, 0) is 24.0 Å². The van der Waals surface area contributed by atoms with E-state index in [2.05, 4.69) is 16.0 Å². The Morgan fingerprint density at radius 1 is 0.926 bits per heavy atom. The number of hydrogen-bond donors (Lipinski definition) is 7. The second-order valence-electron chi connectivity index (χ2n) is 5.91. The molecule has 10 N–H and O–H groups in total. The molecule has 0 aliphatic heterocycles. The third kappa shape index (κ3) is 10.1. The van der Waals surface area contributed by atoms with E-state index in [0.29, 0.717) is 19.4 Å². The van der Waals surface area contributed by atoms with E-state index in [1.807, 2.05) is 0 Å². The smallest absolute Gasteiger partial charge is 0.326 e. The van der Waals surface area contributed by atoms with Crippen molar-refractivity contribution in [3.8, 4) is 0 Å². The van der Waals surface area contributed by atoms with Crippen molar-refractivity contribution >= 4 is 29.6 Å². The Morgan fingerprint density at radius 2 is 1.56 bits per heavy atom. The maximum Gasteiger partial charge on any atom is 0.326 e. The molecule has 0 aliphatic carbocycles. The van der Waals surface area contributed by atoms with Gasteiger partial charge in [-0.05, 0) is 32.7 Å². The predicted molar refractivity (Wildman–Crippen MR) is 94.9 cm³/mol. The van der Waals surface area contributed by atoms with Crippen LogP contribution < -0.4 is 33.2 Å². The maximum absolute atomic E-state index is 12.2. The lowest BCUT2D eigenvalue weighted by Gasteiger charge is -2.21. The maximum atomic E-state index is 12.2. The summed E-state index contributed by atoms with van der Waals surface area (Å²) in [6.07, 6.45) is 0.834. The monoisotopic (exact) mass is 388 g/mol. The minimum Gasteiger partial charge on any atom is -0.480 e. The van der Waals surface area contributed by atoms with Gasteiger partial charge in [0.05, 0.1) is 13.0 Å². The highest BCUT2D eigenvalue weighted by Crippen LogP contribution is 2.02. The first-order valence-corrected chi connectivity index (χ1v) is 8.43. The van der Waals surface area contributed by atoms with Gasteiger partial charge in [-0.2, -0.15) is 0 Å². The highest BCUT2D eigenvalue weighted by atomic mass is 16.4. The van der Waals surface area contributed by atoms with Gasteiger partial charge < -0.3 is 38.3 Å². The summed E-state index contributed by atoms with van der Waals surface area (Å²) in [4.78, 5) is 57.9. The van der Waals surface area contributed by atoms with Crippen LogP contribution in [0.3, 0.4) is 0 Å². The zero-order valence-corrected chi connectivity index (χ0v) is 15.2. The number of rotatable bonds is 13. The zero-order chi connectivity index (χ0) is 21.0. The zero-order valence-electron chi connectivity index (χ0n) is 15.2. The number of amides is 4. The average Bonchev–Trinajstić information content (AvgIpc) is 2.59. The molecule has 0 rings (SSSR count). The number of carboxylic acids is 1. The molecule has 0 saturated carbocycles. The summed E-state index contributed by atoms with van der Waals surface area (Å²) >= 11 is 0. The highest BCUT2D eigenvalue weighted by Gasteiger charge is 2.27. The van der Waals surface area contributed by atoms with E-state index >= 15 is 0 Å². The number of carbonyl (C=O) groups excluding carboxylic acids is 4. The van der Waals surface area contributed by atoms with Crippen LogP contribution in [-0.4, -0.2) is 65.9 Å². The van der Waals surface area contributed by atoms with Crippen LogP contribution in [0, 0.1) is 0 Å². The molecule has 154 valence electrons. The van der Waals surface area contributed by atoms with Crippen molar-refractivity contribution in [2.75, 3.05) is 13.1 Å². The summed E-state index contributed by atoms with van der Waals surface area (Å²) in [5.74, 6) is -4.28. The highest BCUT2D eigenvalue weighted by molar-refractivity contribution is 5.95. The lowest BCUT2D eigenvalue weighted by molar-refractivity contribution is -0.142. The number of nitrogens with one attached hydrogen (secondary N) is 3. The number of carbonyl (C=O) groups is 5. The molecule has 0 radical (unpaired) electrons. The van der Waals surface area contributed by atoms with Crippen molar-refractivity contribution in [1.82, 2.24) is 16.0 Å². The number of hydrogen-bond acceptors (Lipinski definition) is 7. The van der Waals surface area contributed by atoms with Gasteiger partial charge >= 0.3 is 5.97 Å². The number of carboxylic acid groups (broad SMARTS) is 1. The Hall–Kier alpha value is -2.73. The van der Waals surface area contributed by atoms with E-state index in [4.69, 9.17) is 22.3 Å². The number of aliphatic carboxylic acids is 1. The molecule has 0 saturated heterocycles. The molecule has 0 spiro atoms. The summed E-state index contributed by atoms with van der Waals surface area (Å²) in [5, 5.41) is 16.0. The number of primary amides is 1. The van der Waals surface area contributed by atoms with E-state index < -0.39 is 60.7 Å². The molecular formula is C15H28N6O6. The minimum absolute atomic E-state index is 0.190. The van der Waals surface area contributed by atoms with Crippen molar-refractivity contribution in [3.05, 3.63) is 0 Å². The van der Waals surface area contributed by atoms with E-state index in [1.165, 1.54) is 6.92 Å². The summed E-state index contributed by atoms with van der Waals surface area (Å²) in [6, 6.07) is -3.53. The van der Waals surface area contributed by atoms with Gasteiger partial charge in [-0.3, -0.25) is 19.2 Å². The fraction of sp³-hybridized carbons (Fsp3) is 0.667. The fourth-order valence-corrected chi connectivity index (χ4v) is 2.09. The van der Waals surface area contributed by atoms with Crippen molar-refractivity contribution in [1.29, 1.82) is 0 Å². The Labute approximate surface area is 156 Å². The summed E-state index contributed by atoms with van der Waals surface area (Å²) < 4.78 is 0. The first-order chi connectivity index (χ1) is 12.6. The molecular weight excluding hydrogens is 360 g/mol. The SMILES string of the molecule is CC(NC(=O)C(CC(N)=O)NC(=O)CN)C(=O)NC(CCCCN)C(=O)O. The van der Waals surface area contributed by atoms with E-state index in [-0.39, 0.29) is 6.42 Å². The Kier molecular flexibility index (Phi) is 11.3. The van der Waals surface area contributed by atoms with Crippen molar-refractivity contribution in [2.45, 2.75) is 50.7 Å². The second-order valence-corrected chi connectivity index (χ2v) is 5.91. The van der Waals surface area contributed by atoms with Crippen LogP contribution in [0.5, 0.6) is 0 Å². The van der Waals surface area contributed by atoms with Crippen molar-refractivity contribution in [3.63, 3.8) is 0 Å². The Morgan fingerprint density at radius 3 is 2.04 bits per heavy atom. The van der Waals surface area contributed by atoms with Gasteiger partial charge in [0, 0.05) is 0 Å². The van der Waals surface area contributed by atoms with Crippen LogP contribution in [0.4, 0.5) is 0 Å². The molecule has 3 unspecified atom stereocenters. The predicted octanol–water partition coefficient (Wildman–Crippen LogP) is -3.49. The summed E-state index contributed by atoms with van der Waals surface area (Å²) in [5.41, 5.74) is 15.5. The van der Waals surface area contributed by atoms with Crippen molar-refractivity contribution in [2.24, 2.45) is 17.2 Å². The van der Waals surface area contributed by atoms with Gasteiger partial charge in [0.2, 0.25) is 23.6 Å². The largest absolute Gasteiger partial charge is 0.480 e. The quantitative estimate of drug-likeness (QED) is 0.156. The summed E-state index contributed by atoms with van der Waals surface area (Å²) in [6.45, 7) is 1.34. The Balaban J connectivity index is 4.83. The average molecular weight is 388 g/mol. The third-order valence-corrected chi connectivity index (χ3v) is 3.56. The lowest BCUT2D eigenvalue weighted by atomic mass is 10.1. The normalized spacial score (nSPS) is 13.7. The van der Waals surface area contributed by atoms with Gasteiger partial charge in [0.25, 0.3) is 0 Å². The van der Waals surface area contributed by atoms with Gasteiger partial charge in [-0.1, -0.05) is 0 Å². The number of unbranched alkanes of at least 4 members (excludes halogenated alkanes) is 1. The first kappa shape index (κ1) is 24.3. The van der Waals surface area contributed by atoms with Gasteiger partial charge in [-0.15, -0.1) is 0 Å². The van der Waals surface area contributed by atoms with Crippen LogP contribution in [0.2, 0.25) is 0 Å². The minimum atomic E-state index is -1.30. The molecule has 12 nitrogen and oxygen atoms in total. The topological polar surface area (TPSA) is 220 Å². The van der Waals surface area contributed by atoms with Crippen LogP contribution in [0.25, 0.3) is 0 Å². The van der Waals surface area contributed by atoms with Gasteiger partial charge in [-0.25, -0.2) is 4.79 Å². The molecule has 0 aromatic heterocycles. The van der Waals surface area contributed by atoms with Crippen molar-refractivity contribution < 1.29 is 29.1 Å². The van der Waals surface area contributed by atoms with Gasteiger partial charge in [0.1, 0.15) is 18.1 Å². The fourth-order valence-electron chi connectivity index (χ4n) is 2.09. The molecule has 0 aliphatic rings. The number of nitrogens with two attached hydrogens (primary N) is 3. The Bertz CT molecular complexity index is 555. The molecule has 0 aromatic carbocycles. The molecule has 0 aromatic rings. The second kappa shape index (κ2) is 12.6. The van der Waals surface area contributed by atoms with Crippen LogP contribution >= 0.6 is 0 Å². The van der Waals surface area contributed by atoms with Gasteiger partial charge in [0.15, 0.2) is 0 Å². The molecule has 27 heavy (non-hydrogen) atoms. The van der Waals surface area contributed by atoms with E-state index in [0.717, 1.165) is 0 Å². The molecule has 0 fully saturated rings. The summed E-state index contributed by atoms with van der Waals surface area (Å²) in [7, 11) is 0.